The van der Waals surface area contributed by atoms with E-state index in [1.165, 1.54) is 25.7 Å². The monoisotopic (exact) mass is 389 g/mol. The van der Waals surface area contributed by atoms with E-state index in [0.29, 0.717) is 11.8 Å². The van der Waals surface area contributed by atoms with Crippen LogP contribution in [0.25, 0.3) is 11.1 Å². The summed E-state index contributed by atoms with van der Waals surface area (Å²) in [5, 5.41) is 10.8. The number of benzene rings is 1. The van der Waals surface area contributed by atoms with Gasteiger partial charge in [0.15, 0.2) is 0 Å². The van der Waals surface area contributed by atoms with E-state index in [0.717, 1.165) is 28.0 Å². The number of phenolic OH excluding ortho intramolecular Hbond substituents is 1. The molecule has 0 fully saturated rings. The molecule has 2 unspecified atom stereocenters. The Hall–Kier alpha value is -1.74. The second-order valence-corrected chi connectivity index (χ2v) is 8.21. The molecule has 27 heavy (non-hydrogen) atoms. The van der Waals surface area contributed by atoms with Gasteiger partial charge in [0.2, 0.25) is 0 Å². The van der Waals surface area contributed by atoms with E-state index in [1.807, 2.05) is 18.3 Å². The molecule has 0 aliphatic carbocycles. The van der Waals surface area contributed by atoms with Crippen molar-refractivity contribution in [3.63, 3.8) is 0 Å². The van der Waals surface area contributed by atoms with E-state index in [9.17, 15) is 5.11 Å². The summed E-state index contributed by atoms with van der Waals surface area (Å²) in [5.74, 6) is 2.00. The van der Waals surface area contributed by atoms with E-state index in [2.05, 4.69) is 45.7 Å². The number of fused-ring (bicyclic) bond motifs is 3. The summed E-state index contributed by atoms with van der Waals surface area (Å²) in [4.78, 5) is 4.26. The molecule has 0 saturated carbocycles. The molecule has 3 nitrogen and oxygen atoms in total. The SMILES string of the molecule is CCCCCC(C)C(C)c1cc(O)c2c(c1)OC(C)(C)c1ccncc1-2.Cl. The van der Waals surface area contributed by atoms with Crippen molar-refractivity contribution in [3.05, 3.63) is 41.7 Å². The summed E-state index contributed by atoms with van der Waals surface area (Å²) in [6.07, 6.45) is 8.62. The van der Waals surface area contributed by atoms with Gasteiger partial charge in [-0.15, -0.1) is 12.4 Å². The van der Waals surface area contributed by atoms with Crippen LogP contribution in [-0.4, -0.2) is 10.1 Å². The molecule has 0 radical (unpaired) electrons. The van der Waals surface area contributed by atoms with Crippen molar-refractivity contribution in [2.45, 2.75) is 71.8 Å². The van der Waals surface area contributed by atoms with Gasteiger partial charge in [-0.1, -0.05) is 46.5 Å². The van der Waals surface area contributed by atoms with Crippen molar-refractivity contribution < 1.29 is 9.84 Å². The molecule has 1 N–H and O–H groups in total. The lowest BCUT2D eigenvalue weighted by Crippen LogP contribution is -2.29. The number of halogens is 1. The number of rotatable bonds is 6. The Kier molecular flexibility index (Phi) is 6.80. The minimum absolute atomic E-state index is 0. The number of nitrogens with zero attached hydrogens (tertiary/aromatic N) is 1. The molecule has 3 rings (SSSR count). The summed E-state index contributed by atoms with van der Waals surface area (Å²) in [6, 6.07) is 6.01. The zero-order chi connectivity index (χ0) is 18.9. The molecule has 1 aromatic carbocycles. The summed E-state index contributed by atoms with van der Waals surface area (Å²) >= 11 is 0. The highest BCUT2D eigenvalue weighted by Crippen LogP contribution is 2.50. The Labute approximate surface area is 169 Å². The number of pyridine rings is 1. The van der Waals surface area contributed by atoms with Crippen LogP contribution in [0.3, 0.4) is 0 Å². The Morgan fingerprint density at radius 1 is 1.19 bits per heavy atom. The molecule has 2 aromatic rings. The minimum Gasteiger partial charge on any atom is -0.507 e. The predicted molar refractivity (Wildman–Crippen MR) is 114 cm³/mol. The van der Waals surface area contributed by atoms with Crippen LogP contribution in [-0.2, 0) is 5.60 Å². The zero-order valence-corrected chi connectivity index (χ0v) is 17.9. The molecule has 2 heterocycles. The maximum absolute atomic E-state index is 10.8. The maximum atomic E-state index is 10.8. The fraction of sp³-hybridized carbons (Fsp3) is 0.522. The minimum atomic E-state index is -0.438. The highest BCUT2D eigenvalue weighted by Gasteiger charge is 2.34. The summed E-state index contributed by atoms with van der Waals surface area (Å²) in [5.41, 5.74) is 3.50. The van der Waals surface area contributed by atoms with Gasteiger partial charge in [-0.2, -0.15) is 0 Å². The quantitative estimate of drug-likeness (QED) is 0.551. The Balaban J connectivity index is 0.00000261. The van der Waals surface area contributed by atoms with Gasteiger partial charge >= 0.3 is 0 Å². The van der Waals surface area contributed by atoms with Crippen LogP contribution in [0.1, 0.15) is 77.3 Å². The first-order valence-corrected chi connectivity index (χ1v) is 9.86. The van der Waals surface area contributed by atoms with Crippen molar-refractivity contribution in [3.8, 4) is 22.6 Å². The summed E-state index contributed by atoms with van der Waals surface area (Å²) in [7, 11) is 0. The third-order valence-electron chi connectivity index (χ3n) is 5.85. The number of hydrogen-bond donors (Lipinski definition) is 1. The number of aromatic hydroxyl groups is 1. The van der Waals surface area contributed by atoms with Gasteiger partial charge in [0, 0.05) is 23.5 Å². The Morgan fingerprint density at radius 3 is 2.63 bits per heavy atom. The Morgan fingerprint density at radius 2 is 1.93 bits per heavy atom. The van der Waals surface area contributed by atoms with E-state index in [1.54, 1.807) is 6.20 Å². The van der Waals surface area contributed by atoms with Crippen LogP contribution < -0.4 is 4.74 Å². The molecule has 148 valence electrons. The molecule has 2 atom stereocenters. The third-order valence-corrected chi connectivity index (χ3v) is 5.85. The average molecular weight is 390 g/mol. The van der Waals surface area contributed by atoms with E-state index in [4.69, 9.17) is 4.74 Å². The summed E-state index contributed by atoms with van der Waals surface area (Å²) in [6.45, 7) is 10.9. The second kappa shape index (κ2) is 8.52. The van der Waals surface area contributed by atoms with Gasteiger partial charge in [-0.3, -0.25) is 4.98 Å². The van der Waals surface area contributed by atoms with Crippen molar-refractivity contribution >= 4 is 12.4 Å². The first-order chi connectivity index (χ1) is 12.3. The number of ether oxygens (including phenoxy) is 1. The predicted octanol–water partition coefficient (Wildman–Crippen LogP) is 6.82. The van der Waals surface area contributed by atoms with Crippen molar-refractivity contribution in [2.24, 2.45) is 5.92 Å². The van der Waals surface area contributed by atoms with E-state index in [-0.39, 0.29) is 18.2 Å². The van der Waals surface area contributed by atoms with Crippen LogP contribution in [0.15, 0.2) is 30.6 Å². The smallest absolute Gasteiger partial charge is 0.132 e. The molecule has 0 amide bonds. The lowest BCUT2D eigenvalue weighted by Gasteiger charge is -2.35. The number of unbranched alkanes of at least 4 members (excludes halogenated alkanes) is 2. The van der Waals surface area contributed by atoms with E-state index < -0.39 is 5.60 Å². The maximum Gasteiger partial charge on any atom is 0.132 e. The lowest BCUT2D eigenvalue weighted by atomic mass is 9.82. The van der Waals surface area contributed by atoms with Crippen LogP contribution in [0, 0.1) is 5.92 Å². The topological polar surface area (TPSA) is 42.4 Å². The van der Waals surface area contributed by atoms with Crippen LogP contribution in [0.2, 0.25) is 0 Å². The van der Waals surface area contributed by atoms with Gasteiger partial charge < -0.3 is 9.84 Å². The van der Waals surface area contributed by atoms with Gasteiger partial charge in [0.05, 0.1) is 5.56 Å². The fourth-order valence-electron chi connectivity index (χ4n) is 3.98. The first-order valence-electron chi connectivity index (χ1n) is 9.86. The number of hydrogen-bond acceptors (Lipinski definition) is 3. The van der Waals surface area contributed by atoms with Crippen LogP contribution in [0.4, 0.5) is 0 Å². The largest absolute Gasteiger partial charge is 0.507 e. The number of aromatic nitrogens is 1. The normalized spacial score (nSPS) is 16.3. The summed E-state index contributed by atoms with van der Waals surface area (Å²) < 4.78 is 6.31. The molecule has 1 aliphatic heterocycles. The standard InChI is InChI=1S/C23H31NO2.ClH/c1-6-7-8-9-15(2)16(3)17-12-20(25)22-18-14-24-11-10-19(18)23(4,5)26-21(22)13-17;/h10-16,25H,6-9H2,1-5H3;1H. The molecule has 1 aliphatic rings. The fourth-order valence-corrected chi connectivity index (χ4v) is 3.98. The highest BCUT2D eigenvalue weighted by atomic mass is 35.5. The van der Waals surface area contributed by atoms with Gasteiger partial charge in [0.25, 0.3) is 0 Å². The number of phenols is 1. The van der Waals surface area contributed by atoms with Gasteiger partial charge in [-0.25, -0.2) is 0 Å². The van der Waals surface area contributed by atoms with Crippen LogP contribution in [0.5, 0.6) is 11.5 Å². The second-order valence-electron chi connectivity index (χ2n) is 8.21. The molecular weight excluding hydrogens is 358 g/mol. The van der Waals surface area contributed by atoms with Crippen LogP contribution >= 0.6 is 12.4 Å². The Bertz CT molecular complexity index is 788. The van der Waals surface area contributed by atoms with Gasteiger partial charge in [0.1, 0.15) is 17.1 Å². The molecule has 0 saturated heterocycles. The average Bonchev–Trinajstić information content (AvgIpc) is 2.60. The molecular formula is C23H32ClNO2. The van der Waals surface area contributed by atoms with Crippen molar-refractivity contribution in [1.82, 2.24) is 4.98 Å². The van der Waals surface area contributed by atoms with Crippen molar-refractivity contribution in [2.75, 3.05) is 0 Å². The van der Waals surface area contributed by atoms with E-state index >= 15 is 0 Å². The third kappa shape index (κ3) is 4.24. The van der Waals surface area contributed by atoms with Crippen molar-refractivity contribution in [1.29, 1.82) is 0 Å². The molecule has 0 bridgehead atoms. The molecule has 4 heteroatoms. The first kappa shape index (κ1) is 21.6. The molecule has 0 spiro atoms. The lowest BCUT2D eigenvalue weighted by molar-refractivity contribution is 0.105. The molecule has 1 aromatic heterocycles. The highest BCUT2D eigenvalue weighted by molar-refractivity contribution is 5.85. The zero-order valence-electron chi connectivity index (χ0n) is 17.1. The van der Waals surface area contributed by atoms with Gasteiger partial charge in [-0.05, 0) is 49.4 Å².